The molecule has 3 amide bonds. The molecule has 0 radical (unpaired) electrons. The van der Waals surface area contributed by atoms with E-state index in [-0.39, 0.29) is 29.6 Å². The molecule has 4 N–H and O–H groups in total. The predicted molar refractivity (Wildman–Crippen MR) is 176 cm³/mol. The van der Waals surface area contributed by atoms with Gasteiger partial charge in [0.15, 0.2) is 5.82 Å². The normalized spacial score (nSPS) is 24.5. The minimum absolute atomic E-state index is 0.141. The predicted octanol–water partition coefficient (Wildman–Crippen LogP) is 3.43. The zero-order valence-corrected chi connectivity index (χ0v) is 26.7. The van der Waals surface area contributed by atoms with Gasteiger partial charge in [0.2, 0.25) is 11.8 Å². The number of aromatic nitrogens is 2. The number of nitrogen functional groups attached to an aromatic ring is 1. The number of rotatable bonds is 4. The van der Waals surface area contributed by atoms with Crippen LogP contribution in [0.3, 0.4) is 0 Å². The van der Waals surface area contributed by atoms with Crippen LogP contribution in [0.4, 0.5) is 5.82 Å². The molecule has 2 aromatic carbocycles. The summed E-state index contributed by atoms with van der Waals surface area (Å²) in [6.07, 6.45) is 6.73. The molecule has 5 heterocycles. The second kappa shape index (κ2) is 11.9. The third-order valence-corrected chi connectivity index (χ3v) is 10.7. The Bertz CT molecular complexity index is 1880. The zero-order chi connectivity index (χ0) is 33.0. The van der Waals surface area contributed by atoms with Crippen LogP contribution in [0.25, 0.3) is 11.3 Å². The number of nitrogens with zero attached hydrogens (tertiary/aromatic N) is 4. The average Bonchev–Trinajstić information content (AvgIpc) is 3.38. The van der Waals surface area contributed by atoms with E-state index in [1.165, 1.54) is 0 Å². The van der Waals surface area contributed by atoms with Crippen LogP contribution in [0.1, 0.15) is 72.0 Å². The first-order valence-electron chi connectivity index (χ1n) is 16.9. The molecular formula is C37H38N6O5. The molecule has 11 nitrogen and oxygen atoms in total. The van der Waals surface area contributed by atoms with Crippen LogP contribution in [-0.2, 0) is 22.6 Å². The number of hydrogen-bond acceptors (Lipinski definition) is 9. The molecule has 1 atom stereocenters. The van der Waals surface area contributed by atoms with Gasteiger partial charge in [-0.05, 0) is 92.3 Å². The molecule has 4 aliphatic heterocycles. The van der Waals surface area contributed by atoms with Crippen molar-refractivity contribution in [2.45, 2.75) is 69.6 Å². The van der Waals surface area contributed by atoms with Gasteiger partial charge in [-0.3, -0.25) is 24.6 Å². The summed E-state index contributed by atoms with van der Waals surface area (Å²) < 4.78 is 6.65. The molecule has 1 aromatic heterocycles. The van der Waals surface area contributed by atoms with Gasteiger partial charge in [0, 0.05) is 49.6 Å². The molecule has 2 saturated heterocycles. The number of aromatic hydroxyl groups is 1. The van der Waals surface area contributed by atoms with Gasteiger partial charge in [0.1, 0.15) is 23.1 Å². The number of ether oxygens (including phenoxy) is 1. The molecule has 8 rings (SSSR count). The lowest BCUT2D eigenvalue weighted by molar-refractivity contribution is -0.136. The number of carbonyl (C=O) groups is 3. The Balaban J connectivity index is 0.839. The van der Waals surface area contributed by atoms with Crippen molar-refractivity contribution in [3.63, 3.8) is 0 Å². The number of imide groups is 1. The lowest BCUT2D eigenvalue weighted by Gasteiger charge is -2.53. The van der Waals surface area contributed by atoms with Crippen LogP contribution in [0.15, 0.2) is 42.5 Å². The summed E-state index contributed by atoms with van der Waals surface area (Å²) in [6, 6.07) is 12.2. The van der Waals surface area contributed by atoms with Gasteiger partial charge in [-0.2, -0.15) is 0 Å². The van der Waals surface area contributed by atoms with E-state index in [9.17, 15) is 19.5 Å². The summed E-state index contributed by atoms with van der Waals surface area (Å²) >= 11 is 0. The Morgan fingerprint density at radius 3 is 2.58 bits per heavy atom. The minimum Gasteiger partial charge on any atom is -0.507 e. The van der Waals surface area contributed by atoms with Gasteiger partial charge < -0.3 is 20.5 Å². The molecule has 48 heavy (non-hydrogen) atoms. The Hall–Kier alpha value is -4.95. The van der Waals surface area contributed by atoms with Crippen LogP contribution in [0.2, 0.25) is 0 Å². The maximum absolute atomic E-state index is 13.2. The maximum Gasteiger partial charge on any atom is 0.255 e. The number of nitrogens with one attached hydrogen (secondary N) is 1. The third-order valence-electron chi connectivity index (χ3n) is 10.7. The van der Waals surface area contributed by atoms with Crippen LogP contribution in [0, 0.1) is 23.7 Å². The number of para-hydroxylation sites is 1. The number of piperidine rings is 1. The smallest absolute Gasteiger partial charge is 0.255 e. The third kappa shape index (κ3) is 5.64. The number of fused-ring (bicyclic) bond motifs is 2. The van der Waals surface area contributed by atoms with Crippen LogP contribution in [-0.4, -0.2) is 74.1 Å². The van der Waals surface area contributed by atoms with Crippen molar-refractivity contribution in [3.8, 4) is 34.6 Å². The summed E-state index contributed by atoms with van der Waals surface area (Å²) in [7, 11) is 0. The van der Waals surface area contributed by atoms with Gasteiger partial charge in [-0.25, -0.2) is 0 Å². The van der Waals surface area contributed by atoms with Crippen molar-refractivity contribution >= 4 is 23.5 Å². The fourth-order valence-electron chi connectivity index (χ4n) is 8.05. The number of benzene rings is 2. The van der Waals surface area contributed by atoms with Gasteiger partial charge in [0.25, 0.3) is 5.91 Å². The molecule has 5 aliphatic rings. The first-order chi connectivity index (χ1) is 23.2. The van der Waals surface area contributed by atoms with Gasteiger partial charge >= 0.3 is 0 Å². The van der Waals surface area contributed by atoms with E-state index < -0.39 is 11.9 Å². The van der Waals surface area contributed by atoms with Crippen molar-refractivity contribution in [1.82, 2.24) is 25.3 Å². The van der Waals surface area contributed by atoms with Gasteiger partial charge in [-0.1, -0.05) is 24.0 Å². The molecule has 1 aliphatic carbocycles. The molecule has 1 saturated carbocycles. The number of amides is 3. The highest BCUT2D eigenvalue weighted by Crippen LogP contribution is 2.43. The van der Waals surface area contributed by atoms with E-state index in [0.29, 0.717) is 53.0 Å². The zero-order valence-electron chi connectivity index (χ0n) is 26.7. The lowest BCUT2D eigenvalue weighted by Crippen LogP contribution is -2.66. The molecule has 246 valence electrons. The second-order valence-electron chi connectivity index (χ2n) is 14.0. The number of hydrogen-bond donors (Lipinski definition) is 3. The summed E-state index contributed by atoms with van der Waals surface area (Å²) in [6.45, 7) is 3.22. The largest absolute Gasteiger partial charge is 0.507 e. The van der Waals surface area contributed by atoms with Crippen molar-refractivity contribution in [3.05, 3.63) is 64.7 Å². The highest BCUT2D eigenvalue weighted by Gasteiger charge is 2.48. The van der Waals surface area contributed by atoms with E-state index in [1.54, 1.807) is 29.2 Å². The SMILES string of the molecule is Nc1nnc(-c2ccccc2O)cc1C#C[C@H]1CC[C@@H](CN2CC3(CCc4cc5c(cc4O3)CN(C3CCC(=O)NC3=O)C5=O)C2)CC1. The first-order valence-corrected chi connectivity index (χ1v) is 16.9. The number of carbonyl (C=O) groups excluding carboxylic acids is 3. The number of anilines is 1. The maximum atomic E-state index is 13.2. The van der Waals surface area contributed by atoms with Crippen molar-refractivity contribution < 1.29 is 24.2 Å². The number of phenols is 1. The Labute approximate surface area is 278 Å². The lowest BCUT2D eigenvalue weighted by atomic mass is 9.79. The van der Waals surface area contributed by atoms with E-state index in [0.717, 1.165) is 75.0 Å². The molecule has 0 bridgehead atoms. The number of nitrogens with two attached hydrogens (primary N) is 1. The van der Waals surface area contributed by atoms with Gasteiger partial charge in [0.05, 0.1) is 11.3 Å². The van der Waals surface area contributed by atoms with Crippen LogP contribution >= 0.6 is 0 Å². The second-order valence-corrected chi connectivity index (χ2v) is 14.0. The van der Waals surface area contributed by atoms with Crippen molar-refractivity contribution in [2.75, 3.05) is 25.4 Å². The molecule has 1 spiro atoms. The Kier molecular flexibility index (Phi) is 7.56. The molecule has 11 heteroatoms. The number of phenolic OH excluding ortho intramolecular Hbond substituents is 1. The number of aryl methyl sites for hydroxylation is 1. The summed E-state index contributed by atoms with van der Waals surface area (Å²) in [5, 5.41) is 20.8. The van der Waals surface area contributed by atoms with Crippen LogP contribution < -0.4 is 15.8 Å². The van der Waals surface area contributed by atoms with Crippen molar-refractivity contribution in [2.24, 2.45) is 11.8 Å². The van der Waals surface area contributed by atoms with E-state index in [1.807, 2.05) is 18.2 Å². The quantitative estimate of drug-likeness (QED) is 0.286. The topological polar surface area (TPSA) is 151 Å². The standard InChI is InChI=1S/C37H38N6O5/c38-34-25(16-29(40-41-34)27-3-1-2-4-31(27)44)10-9-22-5-7-23(8-6-22)18-42-20-37(21-42)14-13-24-15-28-26(17-32(24)48-37)19-43(36(28)47)30-11-12-33(45)39-35(30)46/h1-4,15-17,22-23,30,44H,5-8,11-14,18-21H2,(H2,38,41)(H,39,45,46)/t22-,23+,30?. The summed E-state index contributed by atoms with van der Waals surface area (Å²) in [5.41, 5.74) is 10.3. The van der Waals surface area contributed by atoms with E-state index in [4.69, 9.17) is 10.5 Å². The summed E-state index contributed by atoms with van der Waals surface area (Å²) in [5.74, 6) is 8.07. The highest BCUT2D eigenvalue weighted by atomic mass is 16.5. The number of likely N-dealkylation sites (tertiary alicyclic amines) is 1. The fraction of sp³-hybridized carbons (Fsp3) is 0.432. The minimum atomic E-state index is -0.615. The highest BCUT2D eigenvalue weighted by molar-refractivity contribution is 6.05. The molecule has 3 aromatic rings. The Morgan fingerprint density at radius 2 is 1.79 bits per heavy atom. The molecule has 3 fully saturated rings. The van der Waals surface area contributed by atoms with Crippen LogP contribution in [0.5, 0.6) is 11.5 Å². The summed E-state index contributed by atoms with van der Waals surface area (Å²) in [4.78, 5) is 41.4. The molecular weight excluding hydrogens is 608 g/mol. The van der Waals surface area contributed by atoms with Gasteiger partial charge in [-0.15, -0.1) is 10.2 Å². The van der Waals surface area contributed by atoms with E-state index in [2.05, 4.69) is 32.3 Å². The monoisotopic (exact) mass is 646 g/mol. The fourth-order valence-corrected chi connectivity index (χ4v) is 8.05. The van der Waals surface area contributed by atoms with E-state index >= 15 is 0 Å². The van der Waals surface area contributed by atoms with Crippen molar-refractivity contribution in [1.29, 1.82) is 0 Å². The average molecular weight is 647 g/mol. The molecule has 1 unspecified atom stereocenters. The first kappa shape index (κ1) is 30.4. The Morgan fingerprint density at radius 1 is 0.979 bits per heavy atom.